The number of primary amides is 1. The molecule has 0 bridgehead atoms. The van der Waals surface area contributed by atoms with Crippen LogP contribution >= 0.6 is 22.9 Å². The second-order valence-corrected chi connectivity index (χ2v) is 6.18. The molecule has 22 heavy (non-hydrogen) atoms. The van der Waals surface area contributed by atoms with E-state index in [4.69, 9.17) is 17.3 Å². The Labute approximate surface area is 133 Å². The molecule has 1 aromatic heterocycles. The number of halogens is 3. The van der Waals surface area contributed by atoms with Crippen molar-refractivity contribution in [2.75, 3.05) is 5.32 Å². The lowest BCUT2D eigenvalue weighted by atomic mass is 10.1. The van der Waals surface area contributed by atoms with Gasteiger partial charge in [-0.3, -0.25) is 9.59 Å². The maximum Gasteiger partial charge on any atom is 0.257 e. The first-order chi connectivity index (χ1) is 10.2. The second-order valence-electron chi connectivity index (χ2n) is 4.55. The smallest absolute Gasteiger partial charge is 0.257 e. The number of amides is 2. The van der Waals surface area contributed by atoms with Crippen molar-refractivity contribution in [3.63, 3.8) is 0 Å². The van der Waals surface area contributed by atoms with Gasteiger partial charge in [-0.1, -0.05) is 11.6 Å². The Kier molecular flexibility index (Phi) is 4.48. The minimum atomic E-state index is -1.19. The summed E-state index contributed by atoms with van der Waals surface area (Å²) in [6.07, 6.45) is 0. The highest BCUT2D eigenvalue weighted by atomic mass is 35.5. The summed E-state index contributed by atoms with van der Waals surface area (Å²) in [7, 11) is 0. The van der Waals surface area contributed by atoms with Crippen LogP contribution in [0.1, 0.15) is 31.2 Å². The number of nitrogens with two attached hydrogens (primary N) is 1. The van der Waals surface area contributed by atoms with E-state index in [2.05, 4.69) is 5.32 Å². The summed E-state index contributed by atoms with van der Waals surface area (Å²) in [5.74, 6) is -3.79. The van der Waals surface area contributed by atoms with Gasteiger partial charge in [0.05, 0.1) is 16.1 Å². The van der Waals surface area contributed by atoms with Crippen molar-refractivity contribution in [1.29, 1.82) is 0 Å². The van der Waals surface area contributed by atoms with Crippen molar-refractivity contribution >= 4 is 39.8 Å². The maximum atomic E-state index is 13.2. The number of rotatable bonds is 3. The fraction of sp³-hybridized carbons (Fsp3) is 0.143. The number of aryl methyl sites for hydroxylation is 1. The maximum absolute atomic E-state index is 13.2. The molecule has 116 valence electrons. The van der Waals surface area contributed by atoms with Crippen molar-refractivity contribution in [2.45, 2.75) is 13.8 Å². The Morgan fingerprint density at radius 2 is 1.82 bits per heavy atom. The van der Waals surface area contributed by atoms with Gasteiger partial charge in [-0.15, -0.1) is 11.3 Å². The number of thiophene rings is 1. The summed E-state index contributed by atoms with van der Waals surface area (Å²) in [4.78, 5) is 24.5. The average molecular weight is 345 g/mol. The molecule has 2 aromatic rings. The number of hydrogen-bond acceptors (Lipinski definition) is 3. The predicted octanol–water partition coefficient (Wildman–Crippen LogP) is 3.65. The number of nitrogens with one attached hydrogen (secondary N) is 1. The van der Waals surface area contributed by atoms with Crippen molar-refractivity contribution in [1.82, 2.24) is 0 Å². The molecule has 1 aromatic carbocycles. The SMILES string of the molecule is Cc1sc(NC(=O)c2cc(F)c(F)cc2Cl)c(C(N)=O)c1C. The molecule has 0 fully saturated rings. The molecular formula is C14H11ClF2N2O2S. The van der Waals surface area contributed by atoms with Gasteiger partial charge in [0, 0.05) is 4.88 Å². The third-order valence-electron chi connectivity index (χ3n) is 3.11. The summed E-state index contributed by atoms with van der Waals surface area (Å²) < 4.78 is 26.3. The number of benzene rings is 1. The van der Waals surface area contributed by atoms with E-state index < -0.39 is 23.4 Å². The van der Waals surface area contributed by atoms with E-state index >= 15 is 0 Å². The van der Waals surface area contributed by atoms with E-state index in [0.29, 0.717) is 17.7 Å². The van der Waals surface area contributed by atoms with E-state index in [1.54, 1.807) is 13.8 Å². The molecule has 0 aliphatic rings. The van der Waals surface area contributed by atoms with E-state index in [9.17, 15) is 18.4 Å². The molecule has 3 N–H and O–H groups in total. The van der Waals surface area contributed by atoms with Crippen LogP contribution in [0.25, 0.3) is 0 Å². The summed E-state index contributed by atoms with van der Waals surface area (Å²) in [5.41, 5.74) is 5.91. The van der Waals surface area contributed by atoms with Crippen LogP contribution in [0.4, 0.5) is 13.8 Å². The van der Waals surface area contributed by atoms with E-state index in [1.165, 1.54) is 0 Å². The zero-order valence-corrected chi connectivity index (χ0v) is 13.2. The van der Waals surface area contributed by atoms with Crippen LogP contribution in [-0.4, -0.2) is 11.8 Å². The van der Waals surface area contributed by atoms with Crippen LogP contribution in [0.3, 0.4) is 0 Å². The van der Waals surface area contributed by atoms with Gasteiger partial charge in [0.25, 0.3) is 11.8 Å². The average Bonchev–Trinajstić information content (AvgIpc) is 2.68. The minimum absolute atomic E-state index is 0.189. The predicted molar refractivity (Wildman–Crippen MR) is 81.6 cm³/mol. The zero-order chi connectivity index (χ0) is 16.6. The molecule has 2 amide bonds. The van der Waals surface area contributed by atoms with Gasteiger partial charge in [-0.25, -0.2) is 8.78 Å². The van der Waals surface area contributed by atoms with E-state index in [-0.39, 0.29) is 21.2 Å². The first kappa shape index (κ1) is 16.4. The Morgan fingerprint density at radius 3 is 2.41 bits per heavy atom. The van der Waals surface area contributed by atoms with Crippen LogP contribution in [0.15, 0.2) is 12.1 Å². The Bertz CT molecular complexity index is 790. The largest absolute Gasteiger partial charge is 0.365 e. The number of carbonyl (C=O) groups excluding carboxylic acids is 2. The number of hydrogen-bond donors (Lipinski definition) is 2. The minimum Gasteiger partial charge on any atom is -0.365 e. The van der Waals surface area contributed by atoms with Crippen LogP contribution in [0, 0.1) is 25.5 Å². The number of carbonyl (C=O) groups is 2. The van der Waals surface area contributed by atoms with E-state index in [1.807, 2.05) is 0 Å². The van der Waals surface area contributed by atoms with Gasteiger partial charge in [-0.2, -0.15) is 0 Å². The van der Waals surface area contributed by atoms with E-state index in [0.717, 1.165) is 16.2 Å². The molecule has 1 heterocycles. The second kappa shape index (κ2) is 6.02. The van der Waals surface area contributed by atoms with Crippen molar-refractivity contribution in [2.24, 2.45) is 5.73 Å². The standard InChI is InChI=1S/C14H11ClF2N2O2S/c1-5-6(2)22-14(11(5)12(18)20)19-13(21)7-3-9(16)10(17)4-8(7)15/h3-4H,1-2H3,(H2,18,20)(H,19,21). The highest BCUT2D eigenvalue weighted by Gasteiger charge is 2.21. The Hall–Kier alpha value is -1.99. The Balaban J connectivity index is 2.40. The van der Waals surface area contributed by atoms with Gasteiger partial charge in [-0.05, 0) is 31.5 Å². The van der Waals surface area contributed by atoms with Gasteiger partial charge in [0.15, 0.2) is 11.6 Å². The molecule has 4 nitrogen and oxygen atoms in total. The number of anilines is 1. The molecule has 0 saturated heterocycles. The van der Waals surface area contributed by atoms with Gasteiger partial charge >= 0.3 is 0 Å². The molecule has 0 radical (unpaired) electrons. The lowest BCUT2D eigenvalue weighted by molar-refractivity contribution is 0.100. The zero-order valence-electron chi connectivity index (χ0n) is 11.6. The third-order valence-corrected chi connectivity index (χ3v) is 4.55. The molecule has 0 atom stereocenters. The van der Waals surface area contributed by atoms with Gasteiger partial charge < -0.3 is 11.1 Å². The van der Waals surface area contributed by atoms with Crippen molar-refractivity contribution < 1.29 is 18.4 Å². The summed E-state index contributed by atoms with van der Waals surface area (Å²) in [5, 5.41) is 2.47. The normalized spacial score (nSPS) is 10.6. The van der Waals surface area contributed by atoms with Crippen molar-refractivity contribution in [3.8, 4) is 0 Å². The first-order valence-corrected chi connectivity index (χ1v) is 7.27. The Morgan fingerprint density at radius 1 is 1.23 bits per heavy atom. The molecule has 8 heteroatoms. The van der Waals surface area contributed by atoms with Crippen LogP contribution in [0.2, 0.25) is 5.02 Å². The lowest BCUT2D eigenvalue weighted by Crippen LogP contribution is -2.18. The summed E-state index contributed by atoms with van der Waals surface area (Å²) in [6.45, 7) is 3.47. The molecule has 0 spiro atoms. The highest BCUT2D eigenvalue weighted by Crippen LogP contribution is 2.33. The highest BCUT2D eigenvalue weighted by molar-refractivity contribution is 7.16. The van der Waals surface area contributed by atoms with Gasteiger partial charge in [0.2, 0.25) is 0 Å². The van der Waals surface area contributed by atoms with Crippen LogP contribution < -0.4 is 11.1 Å². The van der Waals surface area contributed by atoms with Gasteiger partial charge in [0.1, 0.15) is 5.00 Å². The molecule has 0 saturated carbocycles. The van der Waals surface area contributed by atoms with Crippen LogP contribution in [-0.2, 0) is 0 Å². The quantitative estimate of drug-likeness (QED) is 0.834. The molecule has 0 aliphatic carbocycles. The molecular weight excluding hydrogens is 334 g/mol. The lowest BCUT2D eigenvalue weighted by Gasteiger charge is -2.07. The fourth-order valence-corrected chi connectivity index (χ4v) is 3.18. The molecule has 0 aliphatic heterocycles. The topological polar surface area (TPSA) is 72.2 Å². The summed E-state index contributed by atoms with van der Waals surface area (Å²) in [6, 6.07) is 1.41. The fourth-order valence-electron chi connectivity index (χ4n) is 1.88. The van der Waals surface area contributed by atoms with Crippen LogP contribution in [0.5, 0.6) is 0 Å². The molecule has 2 rings (SSSR count). The first-order valence-electron chi connectivity index (χ1n) is 6.08. The third kappa shape index (κ3) is 2.95. The van der Waals surface area contributed by atoms with Crippen molar-refractivity contribution in [3.05, 3.63) is 50.4 Å². The summed E-state index contributed by atoms with van der Waals surface area (Å²) >= 11 is 6.91. The monoisotopic (exact) mass is 344 g/mol. The molecule has 0 unspecified atom stereocenters.